The van der Waals surface area contributed by atoms with Crippen molar-refractivity contribution in [1.29, 1.82) is 0 Å². The molecule has 2 rings (SSSR count). The zero-order chi connectivity index (χ0) is 9.97. The molecule has 0 amide bonds. The third-order valence-corrected chi connectivity index (χ3v) is 2.32. The number of nitrogens with one attached hydrogen (secondary N) is 2. The molecular weight excluding hydrogens is 180 g/mol. The molecule has 2 heterocycles. The van der Waals surface area contributed by atoms with Crippen LogP contribution in [0.1, 0.15) is 18.2 Å². The number of hydrogen-bond acceptors (Lipinski definition) is 6. The minimum Gasteiger partial charge on any atom is -0.368 e. The van der Waals surface area contributed by atoms with E-state index in [0.29, 0.717) is 11.9 Å². The lowest BCUT2D eigenvalue weighted by Crippen LogP contribution is -2.13. The van der Waals surface area contributed by atoms with Crippen LogP contribution in [0.3, 0.4) is 0 Å². The molecule has 1 fully saturated rings. The first-order chi connectivity index (χ1) is 6.79. The molecule has 0 aromatic carbocycles. The number of nitrogens with zero attached hydrogens (tertiary/aromatic N) is 3. The molecule has 6 heteroatoms. The van der Waals surface area contributed by atoms with E-state index >= 15 is 0 Å². The van der Waals surface area contributed by atoms with Crippen molar-refractivity contribution >= 4 is 11.9 Å². The molecule has 0 radical (unpaired) electrons. The Hall–Kier alpha value is -1.43. The first-order valence-corrected chi connectivity index (χ1v) is 4.69. The second kappa shape index (κ2) is 3.75. The van der Waals surface area contributed by atoms with E-state index in [0.717, 1.165) is 25.3 Å². The van der Waals surface area contributed by atoms with Crippen LogP contribution in [-0.4, -0.2) is 35.1 Å². The van der Waals surface area contributed by atoms with Gasteiger partial charge in [-0.05, 0) is 13.0 Å². The standard InChI is InChI=1S/C8H14N6/c1-10-8-13-6(12-7(9)14-8)5-2-3-11-4-5/h5,11H,2-4H2,1H3,(H3,9,10,12,13,14). The highest BCUT2D eigenvalue weighted by Crippen LogP contribution is 2.19. The van der Waals surface area contributed by atoms with Gasteiger partial charge in [-0.15, -0.1) is 0 Å². The van der Waals surface area contributed by atoms with Gasteiger partial charge in [-0.1, -0.05) is 0 Å². The van der Waals surface area contributed by atoms with Crippen LogP contribution >= 0.6 is 0 Å². The first-order valence-electron chi connectivity index (χ1n) is 4.69. The van der Waals surface area contributed by atoms with Gasteiger partial charge in [0.2, 0.25) is 11.9 Å². The van der Waals surface area contributed by atoms with Crippen LogP contribution in [0.25, 0.3) is 0 Å². The Kier molecular flexibility index (Phi) is 2.45. The minimum atomic E-state index is 0.284. The minimum absolute atomic E-state index is 0.284. The smallest absolute Gasteiger partial charge is 0.227 e. The summed E-state index contributed by atoms with van der Waals surface area (Å²) in [5.74, 6) is 1.98. The van der Waals surface area contributed by atoms with E-state index in [1.807, 2.05) is 0 Å². The predicted molar refractivity (Wildman–Crippen MR) is 54.0 cm³/mol. The fraction of sp³-hybridized carbons (Fsp3) is 0.625. The summed E-state index contributed by atoms with van der Waals surface area (Å²) >= 11 is 0. The average Bonchev–Trinajstić information content (AvgIpc) is 2.69. The molecule has 14 heavy (non-hydrogen) atoms. The lowest BCUT2D eigenvalue weighted by Gasteiger charge is -2.08. The molecule has 1 atom stereocenters. The predicted octanol–water partition coefficient (Wildman–Crippen LogP) is -0.428. The van der Waals surface area contributed by atoms with Gasteiger partial charge in [-0.2, -0.15) is 15.0 Å². The van der Waals surface area contributed by atoms with Gasteiger partial charge >= 0.3 is 0 Å². The highest BCUT2D eigenvalue weighted by Gasteiger charge is 2.20. The zero-order valence-corrected chi connectivity index (χ0v) is 8.12. The summed E-state index contributed by atoms with van der Waals surface area (Å²) in [4.78, 5) is 12.4. The number of anilines is 2. The molecule has 1 aromatic rings. The lowest BCUT2D eigenvalue weighted by molar-refractivity contribution is 0.698. The molecule has 1 aliphatic heterocycles. The molecule has 0 spiro atoms. The van der Waals surface area contributed by atoms with Gasteiger partial charge in [-0.3, -0.25) is 0 Å². The molecule has 4 N–H and O–H groups in total. The van der Waals surface area contributed by atoms with Crippen molar-refractivity contribution in [3.05, 3.63) is 5.82 Å². The largest absolute Gasteiger partial charge is 0.368 e. The number of rotatable bonds is 2. The van der Waals surface area contributed by atoms with E-state index in [2.05, 4.69) is 25.6 Å². The number of aromatic nitrogens is 3. The fourth-order valence-electron chi connectivity index (χ4n) is 1.58. The van der Waals surface area contributed by atoms with Crippen LogP contribution in [0.2, 0.25) is 0 Å². The van der Waals surface area contributed by atoms with Crippen LogP contribution in [-0.2, 0) is 0 Å². The second-order valence-electron chi connectivity index (χ2n) is 3.32. The maximum atomic E-state index is 5.58. The number of hydrogen-bond donors (Lipinski definition) is 3. The lowest BCUT2D eigenvalue weighted by atomic mass is 10.1. The number of nitrogens with two attached hydrogens (primary N) is 1. The van der Waals surface area contributed by atoms with Gasteiger partial charge in [-0.25, -0.2) is 0 Å². The molecule has 0 saturated carbocycles. The van der Waals surface area contributed by atoms with Gasteiger partial charge in [0.25, 0.3) is 0 Å². The summed E-state index contributed by atoms with van der Waals surface area (Å²) in [6.07, 6.45) is 1.06. The maximum Gasteiger partial charge on any atom is 0.227 e. The molecule has 1 saturated heterocycles. The van der Waals surface area contributed by atoms with Crippen LogP contribution in [0, 0.1) is 0 Å². The molecule has 76 valence electrons. The fourth-order valence-corrected chi connectivity index (χ4v) is 1.58. The van der Waals surface area contributed by atoms with Gasteiger partial charge < -0.3 is 16.4 Å². The molecule has 0 aliphatic carbocycles. The molecule has 1 aromatic heterocycles. The van der Waals surface area contributed by atoms with Crippen LogP contribution in [0.4, 0.5) is 11.9 Å². The van der Waals surface area contributed by atoms with Crippen LogP contribution in [0.15, 0.2) is 0 Å². The summed E-state index contributed by atoms with van der Waals surface area (Å²) < 4.78 is 0. The summed E-state index contributed by atoms with van der Waals surface area (Å²) in [6, 6.07) is 0. The third kappa shape index (κ3) is 1.74. The van der Waals surface area contributed by atoms with E-state index in [-0.39, 0.29) is 5.95 Å². The first kappa shape index (κ1) is 9.14. The number of nitrogen functional groups attached to an aromatic ring is 1. The molecular formula is C8H14N6. The summed E-state index contributed by atoms with van der Waals surface area (Å²) in [6.45, 7) is 1.94. The summed E-state index contributed by atoms with van der Waals surface area (Å²) in [7, 11) is 1.77. The van der Waals surface area contributed by atoms with Crippen molar-refractivity contribution in [2.75, 3.05) is 31.2 Å². The Morgan fingerprint density at radius 3 is 2.93 bits per heavy atom. The Bertz CT molecular complexity index is 320. The highest BCUT2D eigenvalue weighted by atomic mass is 15.2. The second-order valence-corrected chi connectivity index (χ2v) is 3.32. The van der Waals surface area contributed by atoms with Crippen LogP contribution < -0.4 is 16.4 Å². The molecule has 1 unspecified atom stereocenters. The Labute approximate surface area is 82.3 Å². The Balaban J connectivity index is 2.27. The average molecular weight is 194 g/mol. The maximum absolute atomic E-state index is 5.58. The van der Waals surface area contributed by atoms with Crippen molar-refractivity contribution in [2.45, 2.75) is 12.3 Å². The molecule has 0 bridgehead atoms. The van der Waals surface area contributed by atoms with Crippen molar-refractivity contribution in [1.82, 2.24) is 20.3 Å². The molecule has 1 aliphatic rings. The van der Waals surface area contributed by atoms with Crippen molar-refractivity contribution in [3.8, 4) is 0 Å². The van der Waals surface area contributed by atoms with E-state index in [9.17, 15) is 0 Å². The van der Waals surface area contributed by atoms with Gasteiger partial charge in [0, 0.05) is 19.5 Å². The quantitative estimate of drug-likeness (QED) is 0.592. The SMILES string of the molecule is CNc1nc(N)nc(C2CCNC2)n1. The Morgan fingerprint density at radius 2 is 2.29 bits per heavy atom. The molecule has 6 nitrogen and oxygen atoms in total. The monoisotopic (exact) mass is 194 g/mol. The van der Waals surface area contributed by atoms with Crippen molar-refractivity contribution in [2.24, 2.45) is 0 Å². The van der Waals surface area contributed by atoms with Crippen molar-refractivity contribution < 1.29 is 0 Å². The van der Waals surface area contributed by atoms with Crippen molar-refractivity contribution in [3.63, 3.8) is 0 Å². The Morgan fingerprint density at radius 1 is 1.43 bits per heavy atom. The highest BCUT2D eigenvalue weighted by molar-refractivity contribution is 5.31. The zero-order valence-electron chi connectivity index (χ0n) is 8.12. The van der Waals surface area contributed by atoms with E-state index in [1.165, 1.54) is 0 Å². The van der Waals surface area contributed by atoms with Gasteiger partial charge in [0.1, 0.15) is 5.82 Å². The van der Waals surface area contributed by atoms with Gasteiger partial charge in [0.15, 0.2) is 0 Å². The van der Waals surface area contributed by atoms with E-state index in [1.54, 1.807) is 7.05 Å². The third-order valence-electron chi connectivity index (χ3n) is 2.32. The van der Waals surface area contributed by atoms with E-state index in [4.69, 9.17) is 5.73 Å². The van der Waals surface area contributed by atoms with Crippen LogP contribution in [0.5, 0.6) is 0 Å². The van der Waals surface area contributed by atoms with Gasteiger partial charge in [0.05, 0.1) is 0 Å². The summed E-state index contributed by atoms with van der Waals surface area (Å²) in [5, 5.41) is 6.14. The topological polar surface area (TPSA) is 88.8 Å². The summed E-state index contributed by atoms with van der Waals surface area (Å²) in [5.41, 5.74) is 5.58. The van der Waals surface area contributed by atoms with E-state index < -0.39 is 0 Å². The normalized spacial score (nSPS) is 21.1.